The molecule has 0 amide bonds. The molecule has 6 heteroatoms. The van der Waals surface area contributed by atoms with Crippen LogP contribution in [0.3, 0.4) is 0 Å². The van der Waals surface area contributed by atoms with Crippen LogP contribution in [0.1, 0.15) is 132 Å². The van der Waals surface area contributed by atoms with Crippen molar-refractivity contribution < 1.29 is 30.0 Å². The fourth-order valence-electron chi connectivity index (χ4n) is 4.42. The monoisotopic (exact) mass is 586 g/mol. The van der Waals surface area contributed by atoms with E-state index in [-0.39, 0.29) is 12.2 Å². The van der Waals surface area contributed by atoms with Gasteiger partial charge in [0.1, 0.15) is 0 Å². The molecule has 0 heterocycles. The Labute approximate surface area is 255 Å². The van der Waals surface area contributed by atoms with Crippen LogP contribution in [0.5, 0.6) is 0 Å². The Morgan fingerprint density at radius 1 is 0.762 bits per heavy atom. The van der Waals surface area contributed by atoms with E-state index in [9.17, 15) is 9.59 Å². The lowest BCUT2D eigenvalue weighted by atomic mass is 9.73. The van der Waals surface area contributed by atoms with Crippen molar-refractivity contribution >= 4 is 11.9 Å². The van der Waals surface area contributed by atoms with Gasteiger partial charge in [-0.25, -0.2) is 9.59 Å². The van der Waals surface area contributed by atoms with E-state index in [2.05, 4.69) is 33.4 Å². The van der Waals surface area contributed by atoms with Crippen LogP contribution in [0.15, 0.2) is 73.3 Å². The number of benzene rings is 2. The normalized spacial score (nSPS) is 11.7. The summed E-state index contributed by atoms with van der Waals surface area (Å²) in [5, 5.41) is 34.6. The summed E-state index contributed by atoms with van der Waals surface area (Å²) in [4.78, 5) is 20.4. The SMILES string of the molecule is C=CCCC(CC)(CCCC)CCCC.CCCC(O)CC(C)O.O=C(O)c1ccccc1.O=C(O)c1ccccc1. The molecule has 0 aliphatic carbocycles. The number of carbonyl (C=O) groups is 2. The molecule has 0 saturated carbocycles. The van der Waals surface area contributed by atoms with Crippen molar-refractivity contribution in [3.63, 3.8) is 0 Å². The molecule has 0 aromatic heterocycles. The fraction of sp³-hybridized carbons (Fsp3) is 0.556. The first-order chi connectivity index (χ1) is 20.0. The molecule has 0 aliphatic rings. The number of aliphatic hydroxyl groups excluding tert-OH is 2. The van der Waals surface area contributed by atoms with Crippen LogP contribution in [0.4, 0.5) is 0 Å². The van der Waals surface area contributed by atoms with Crippen LogP contribution < -0.4 is 0 Å². The minimum atomic E-state index is -0.879. The number of rotatable bonds is 16. The van der Waals surface area contributed by atoms with E-state index < -0.39 is 11.9 Å². The molecule has 2 aromatic carbocycles. The van der Waals surface area contributed by atoms with Gasteiger partial charge in [-0.05, 0) is 75.1 Å². The first-order valence-corrected chi connectivity index (χ1v) is 15.6. The van der Waals surface area contributed by atoms with Gasteiger partial charge in [0.05, 0.1) is 23.3 Å². The third-order valence-corrected chi connectivity index (χ3v) is 7.03. The Balaban J connectivity index is 0. The first-order valence-electron chi connectivity index (χ1n) is 15.6. The van der Waals surface area contributed by atoms with E-state index in [1.54, 1.807) is 67.6 Å². The van der Waals surface area contributed by atoms with Gasteiger partial charge in [-0.2, -0.15) is 0 Å². The third-order valence-electron chi connectivity index (χ3n) is 7.03. The molecule has 238 valence electrons. The zero-order chi connectivity index (χ0) is 32.2. The number of hydrogen-bond acceptors (Lipinski definition) is 4. The summed E-state index contributed by atoms with van der Waals surface area (Å²) in [6, 6.07) is 16.6. The van der Waals surface area contributed by atoms with Crippen molar-refractivity contribution in [1.29, 1.82) is 0 Å². The molecule has 0 bridgehead atoms. The average Bonchev–Trinajstić information content (AvgIpc) is 2.99. The molecule has 42 heavy (non-hydrogen) atoms. The number of carboxylic acids is 2. The summed E-state index contributed by atoms with van der Waals surface area (Å²) in [5.41, 5.74) is 1.29. The van der Waals surface area contributed by atoms with Gasteiger partial charge in [-0.15, -0.1) is 6.58 Å². The van der Waals surface area contributed by atoms with E-state index in [0.717, 1.165) is 12.8 Å². The highest BCUT2D eigenvalue weighted by atomic mass is 16.4. The van der Waals surface area contributed by atoms with E-state index in [4.69, 9.17) is 20.4 Å². The summed E-state index contributed by atoms with van der Waals surface area (Å²) in [5.74, 6) is -1.76. The number of aromatic carboxylic acids is 2. The van der Waals surface area contributed by atoms with Gasteiger partial charge in [-0.3, -0.25) is 0 Å². The second-order valence-corrected chi connectivity index (χ2v) is 10.8. The lowest BCUT2D eigenvalue weighted by molar-refractivity contribution is 0.0686. The van der Waals surface area contributed by atoms with E-state index >= 15 is 0 Å². The topological polar surface area (TPSA) is 115 Å². The number of allylic oxidation sites excluding steroid dienone is 1. The zero-order valence-corrected chi connectivity index (χ0v) is 26.8. The standard InChI is InChI=1S/C15H30.2C7H6O2.C7H16O2/c1-5-9-12-15(8-4,13-10-6-2)14-11-7-3;2*8-7(9)6-4-2-1-3-5-6;1-3-4-7(9)5-6(2)8/h5H,1,6-14H2,2-4H3;2*1-5H,(H,8,9);6-9H,3-5H2,1-2H3. The Bertz CT molecular complexity index is 854. The summed E-state index contributed by atoms with van der Waals surface area (Å²) in [6.45, 7) is 14.5. The third kappa shape index (κ3) is 22.7. The molecular weight excluding hydrogens is 528 g/mol. The van der Waals surface area contributed by atoms with Crippen molar-refractivity contribution in [3.8, 4) is 0 Å². The highest BCUT2D eigenvalue weighted by molar-refractivity contribution is 5.87. The molecule has 0 aliphatic heterocycles. The maximum atomic E-state index is 10.2. The van der Waals surface area contributed by atoms with E-state index in [0.29, 0.717) is 23.0 Å². The van der Waals surface area contributed by atoms with E-state index in [1.807, 2.05) is 6.92 Å². The second-order valence-electron chi connectivity index (χ2n) is 10.8. The van der Waals surface area contributed by atoms with Crippen LogP contribution in [0, 0.1) is 5.41 Å². The molecular formula is C36H58O6. The molecule has 0 fully saturated rings. The zero-order valence-electron chi connectivity index (χ0n) is 26.8. The highest BCUT2D eigenvalue weighted by Gasteiger charge is 2.25. The molecule has 0 spiro atoms. The van der Waals surface area contributed by atoms with Crippen molar-refractivity contribution in [2.45, 2.75) is 124 Å². The van der Waals surface area contributed by atoms with Gasteiger partial charge in [0, 0.05) is 0 Å². The lowest BCUT2D eigenvalue weighted by Gasteiger charge is -2.33. The highest BCUT2D eigenvalue weighted by Crippen LogP contribution is 2.39. The molecule has 0 saturated heterocycles. The molecule has 2 atom stereocenters. The molecule has 2 unspecified atom stereocenters. The van der Waals surface area contributed by atoms with Crippen LogP contribution in [-0.4, -0.2) is 44.6 Å². The summed E-state index contributed by atoms with van der Waals surface area (Å²) < 4.78 is 0. The Morgan fingerprint density at radius 2 is 1.19 bits per heavy atom. The van der Waals surface area contributed by atoms with Crippen molar-refractivity contribution in [3.05, 3.63) is 84.4 Å². The van der Waals surface area contributed by atoms with Gasteiger partial charge in [0.15, 0.2) is 0 Å². The van der Waals surface area contributed by atoms with Crippen LogP contribution >= 0.6 is 0 Å². The fourth-order valence-corrected chi connectivity index (χ4v) is 4.42. The lowest BCUT2D eigenvalue weighted by Crippen LogP contribution is -2.19. The smallest absolute Gasteiger partial charge is 0.335 e. The predicted molar refractivity (Wildman–Crippen MR) is 175 cm³/mol. The minimum Gasteiger partial charge on any atom is -0.478 e. The largest absolute Gasteiger partial charge is 0.478 e. The molecule has 0 radical (unpaired) electrons. The number of unbranched alkanes of at least 4 members (excludes halogenated alkanes) is 2. The Kier molecular flexibility index (Phi) is 26.4. The summed E-state index contributed by atoms with van der Waals surface area (Å²) in [7, 11) is 0. The maximum Gasteiger partial charge on any atom is 0.335 e. The van der Waals surface area contributed by atoms with Gasteiger partial charge in [0.2, 0.25) is 0 Å². The van der Waals surface area contributed by atoms with Gasteiger partial charge < -0.3 is 20.4 Å². The van der Waals surface area contributed by atoms with Gasteiger partial charge in [0.25, 0.3) is 0 Å². The van der Waals surface area contributed by atoms with Gasteiger partial charge >= 0.3 is 11.9 Å². The van der Waals surface area contributed by atoms with Crippen LogP contribution in [-0.2, 0) is 0 Å². The second kappa shape index (κ2) is 26.9. The van der Waals surface area contributed by atoms with E-state index in [1.165, 1.54) is 57.8 Å². The van der Waals surface area contributed by atoms with Crippen molar-refractivity contribution in [2.75, 3.05) is 0 Å². The summed E-state index contributed by atoms with van der Waals surface area (Å²) in [6.07, 6.45) is 15.9. The molecule has 6 nitrogen and oxygen atoms in total. The minimum absolute atomic E-state index is 0.310. The predicted octanol–water partition coefficient (Wildman–Crippen LogP) is 9.42. The maximum absolute atomic E-state index is 10.2. The van der Waals surface area contributed by atoms with Crippen LogP contribution in [0.25, 0.3) is 0 Å². The van der Waals surface area contributed by atoms with Gasteiger partial charge in [-0.1, -0.05) is 109 Å². The quantitative estimate of drug-likeness (QED) is 0.146. The Hall–Kier alpha value is -2.96. The van der Waals surface area contributed by atoms with Crippen molar-refractivity contribution in [2.24, 2.45) is 5.41 Å². The number of aliphatic hydroxyl groups is 2. The number of hydrogen-bond donors (Lipinski definition) is 4. The molecule has 2 rings (SSSR count). The summed E-state index contributed by atoms with van der Waals surface area (Å²) >= 11 is 0. The Morgan fingerprint density at radius 3 is 1.45 bits per heavy atom. The molecule has 2 aromatic rings. The average molecular weight is 587 g/mol. The molecule has 4 N–H and O–H groups in total. The number of carboxylic acid groups (broad SMARTS) is 2. The first kappa shape index (κ1) is 41.2. The van der Waals surface area contributed by atoms with Crippen molar-refractivity contribution in [1.82, 2.24) is 0 Å². The van der Waals surface area contributed by atoms with Crippen LogP contribution in [0.2, 0.25) is 0 Å².